The van der Waals surface area contributed by atoms with E-state index in [1.54, 1.807) is 9.58 Å². The van der Waals surface area contributed by atoms with Crippen LogP contribution in [0.2, 0.25) is 0 Å². The second-order valence-corrected chi connectivity index (χ2v) is 7.74. The third kappa shape index (κ3) is 4.05. The van der Waals surface area contributed by atoms with Crippen LogP contribution < -0.4 is 15.0 Å². The molecule has 1 aliphatic heterocycles. The third-order valence-electron chi connectivity index (χ3n) is 5.59. The molecule has 9 nitrogen and oxygen atoms in total. The van der Waals surface area contributed by atoms with E-state index in [4.69, 9.17) is 9.47 Å². The summed E-state index contributed by atoms with van der Waals surface area (Å²) in [5.74, 6) is 1.17. The molecule has 0 spiro atoms. The summed E-state index contributed by atoms with van der Waals surface area (Å²) in [5, 5.41) is 4.67. The number of carbonyl (C=O) groups is 1. The first-order valence-electron chi connectivity index (χ1n) is 10.8. The van der Waals surface area contributed by atoms with Crippen molar-refractivity contribution in [3.8, 4) is 17.2 Å². The normalized spacial score (nSPS) is 14.9. The average Bonchev–Trinajstić information content (AvgIpc) is 3.29. The molecular weight excluding hydrogens is 422 g/mol. The third-order valence-corrected chi connectivity index (χ3v) is 5.59. The lowest BCUT2D eigenvalue weighted by atomic mass is 10.2. The Bertz CT molecular complexity index is 1350. The highest BCUT2D eigenvalue weighted by Crippen LogP contribution is 2.31. The van der Waals surface area contributed by atoms with Gasteiger partial charge in [0.2, 0.25) is 5.91 Å². The van der Waals surface area contributed by atoms with Gasteiger partial charge in [-0.15, -0.1) is 0 Å². The van der Waals surface area contributed by atoms with Gasteiger partial charge in [0.25, 0.3) is 5.56 Å². The predicted molar refractivity (Wildman–Crippen MR) is 122 cm³/mol. The molecule has 0 saturated carbocycles. The van der Waals surface area contributed by atoms with E-state index >= 15 is 0 Å². The molecule has 1 amide bonds. The first-order chi connectivity index (χ1) is 16.1. The molecule has 0 aliphatic carbocycles. The molecule has 33 heavy (non-hydrogen) atoms. The van der Waals surface area contributed by atoms with Crippen LogP contribution in [0.15, 0.2) is 71.9 Å². The topological polar surface area (TPSA) is 91.5 Å². The molecule has 168 valence electrons. The summed E-state index contributed by atoms with van der Waals surface area (Å²) in [6.07, 6.45) is 2.60. The summed E-state index contributed by atoms with van der Waals surface area (Å²) in [6.45, 7) is 2.98. The van der Waals surface area contributed by atoms with Crippen molar-refractivity contribution in [1.82, 2.24) is 24.2 Å². The molecule has 0 fully saturated rings. The second kappa shape index (κ2) is 8.78. The molecule has 1 aliphatic rings. The van der Waals surface area contributed by atoms with Crippen molar-refractivity contribution in [2.75, 3.05) is 19.7 Å². The average molecular weight is 445 g/mol. The zero-order valence-corrected chi connectivity index (χ0v) is 18.1. The van der Waals surface area contributed by atoms with Crippen molar-refractivity contribution in [3.63, 3.8) is 0 Å². The van der Waals surface area contributed by atoms with Gasteiger partial charge in [0, 0.05) is 6.54 Å². The van der Waals surface area contributed by atoms with Gasteiger partial charge in [-0.2, -0.15) is 5.10 Å². The fraction of sp³-hybridized carbons (Fsp3) is 0.250. The summed E-state index contributed by atoms with van der Waals surface area (Å²) in [7, 11) is 0. The molecule has 1 atom stereocenters. The Morgan fingerprint density at radius 3 is 2.67 bits per heavy atom. The molecule has 0 radical (unpaired) electrons. The number of benzene rings is 2. The number of hydrogen-bond acceptors (Lipinski definition) is 6. The van der Waals surface area contributed by atoms with E-state index < -0.39 is 0 Å². The minimum absolute atomic E-state index is 0.115. The summed E-state index contributed by atoms with van der Waals surface area (Å²) in [5.41, 5.74) is 0.952. The summed E-state index contributed by atoms with van der Waals surface area (Å²) < 4.78 is 14.7. The number of nitrogens with zero attached hydrogens (tertiary/aromatic N) is 5. The van der Waals surface area contributed by atoms with E-state index in [9.17, 15) is 9.59 Å². The van der Waals surface area contributed by atoms with Crippen molar-refractivity contribution in [2.24, 2.45) is 0 Å². The SMILES string of the molecule is CCN(C[C@H]1COc2ccccc2O1)C(=O)Cn1cnc2c(cnn2-c2ccccc2)c1=O. The molecule has 0 unspecified atom stereocenters. The number of ether oxygens (including phenoxy) is 2. The highest BCUT2D eigenvalue weighted by atomic mass is 16.6. The Kier molecular flexibility index (Phi) is 5.52. The van der Waals surface area contributed by atoms with Gasteiger partial charge >= 0.3 is 0 Å². The van der Waals surface area contributed by atoms with Crippen LogP contribution in [0.3, 0.4) is 0 Å². The van der Waals surface area contributed by atoms with Crippen LogP contribution in [0.1, 0.15) is 6.92 Å². The quantitative estimate of drug-likeness (QED) is 0.452. The monoisotopic (exact) mass is 445 g/mol. The Hall–Kier alpha value is -4.14. The van der Waals surface area contributed by atoms with E-state index in [0.717, 1.165) is 5.69 Å². The van der Waals surface area contributed by atoms with Crippen LogP contribution in [0.4, 0.5) is 0 Å². The number of carbonyl (C=O) groups excluding carboxylic acids is 1. The minimum atomic E-state index is -0.308. The number of likely N-dealkylation sites (N-methyl/N-ethyl adjacent to an activating group) is 1. The lowest BCUT2D eigenvalue weighted by Gasteiger charge is -2.31. The Labute approximate surface area is 189 Å². The first kappa shape index (κ1) is 20.7. The maximum absolute atomic E-state index is 13.0. The van der Waals surface area contributed by atoms with E-state index in [1.165, 1.54) is 17.1 Å². The van der Waals surface area contributed by atoms with Gasteiger partial charge in [-0.3, -0.25) is 14.2 Å². The zero-order chi connectivity index (χ0) is 22.8. The maximum Gasteiger partial charge on any atom is 0.264 e. The molecule has 0 N–H and O–H groups in total. The molecule has 3 heterocycles. The zero-order valence-electron chi connectivity index (χ0n) is 18.1. The van der Waals surface area contributed by atoms with Gasteiger partial charge in [-0.25, -0.2) is 9.67 Å². The van der Waals surface area contributed by atoms with Crippen LogP contribution >= 0.6 is 0 Å². The van der Waals surface area contributed by atoms with Crippen LogP contribution in [0.5, 0.6) is 11.5 Å². The molecule has 2 aromatic carbocycles. The number of fused-ring (bicyclic) bond motifs is 2. The van der Waals surface area contributed by atoms with E-state index in [0.29, 0.717) is 42.2 Å². The summed E-state index contributed by atoms with van der Waals surface area (Å²) in [6, 6.07) is 16.9. The van der Waals surface area contributed by atoms with Crippen LogP contribution in [0, 0.1) is 0 Å². The molecule has 4 aromatic rings. The van der Waals surface area contributed by atoms with Crippen LogP contribution in [0.25, 0.3) is 16.7 Å². The van der Waals surface area contributed by atoms with Gasteiger partial charge in [0.05, 0.1) is 18.4 Å². The Morgan fingerprint density at radius 1 is 1.12 bits per heavy atom. The van der Waals surface area contributed by atoms with Crippen LogP contribution in [-0.4, -0.2) is 55.9 Å². The Balaban J connectivity index is 1.32. The van der Waals surface area contributed by atoms with Crippen molar-refractivity contribution in [1.29, 1.82) is 0 Å². The lowest BCUT2D eigenvalue weighted by molar-refractivity contribution is -0.133. The standard InChI is InChI=1S/C24H23N5O4/c1-2-27(13-18-15-32-20-10-6-7-11-21(20)33-18)22(30)14-28-16-25-23-19(24(28)31)12-26-29(23)17-8-4-3-5-9-17/h3-12,16,18H,2,13-15H2,1H3/t18-/m0/s1. The molecule has 0 bridgehead atoms. The Morgan fingerprint density at radius 2 is 1.88 bits per heavy atom. The fourth-order valence-corrected chi connectivity index (χ4v) is 3.87. The number of rotatable bonds is 6. The molecule has 2 aromatic heterocycles. The van der Waals surface area contributed by atoms with E-state index in [2.05, 4.69) is 10.1 Å². The number of hydrogen-bond donors (Lipinski definition) is 0. The van der Waals surface area contributed by atoms with Gasteiger partial charge < -0.3 is 14.4 Å². The second-order valence-electron chi connectivity index (χ2n) is 7.74. The number of para-hydroxylation sites is 3. The molecule has 9 heteroatoms. The first-order valence-corrected chi connectivity index (χ1v) is 10.8. The maximum atomic E-state index is 13.0. The van der Waals surface area contributed by atoms with Gasteiger partial charge in [0.15, 0.2) is 23.3 Å². The predicted octanol–water partition coefficient (Wildman–Crippen LogP) is 2.27. The molecular formula is C24H23N5O4. The summed E-state index contributed by atoms with van der Waals surface area (Å²) in [4.78, 5) is 32.1. The highest BCUT2D eigenvalue weighted by Gasteiger charge is 2.25. The van der Waals surface area contributed by atoms with Crippen molar-refractivity contribution < 1.29 is 14.3 Å². The lowest BCUT2D eigenvalue weighted by Crippen LogP contribution is -2.45. The van der Waals surface area contributed by atoms with E-state index in [-0.39, 0.29) is 24.1 Å². The number of aromatic nitrogens is 4. The molecule has 5 rings (SSSR count). The van der Waals surface area contributed by atoms with Crippen molar-refractivity contribution >= 4 is 16.9 Å². The minimum Gasteiger partial charge on any atom is -0.486 e. The van der Waals surface area contributed by atoms with Crippen LogP contribution in [-0.2, 0) is 11.3 Å². The smallest absolute Gasteiger partial charge is 0.264 e. The van der Waals surface area contributed by atoms with Crippen molar-refractivity contribution in [3.05, 3.63) is 77.5 Å². The molecule has 0 saturated heterocycles. The highest BCUT2D eigenvalue weighted by molar-refractivity contribution is 5.78. The van der Waals surface area contributed by atoms with Gasteiger partial charge in [0.1, 0.15) is 24.9 Å². The summed E-state index contributed by atoms with van der Waals surface area (Å²) >= 11 is 0. The number of amides is 1. The van der Waals surface area contributed by atoms with Gasteiger partial charge in [-0.1, -0.05) is 30.3 Å². The largest absolute Gasteiger partial charge is 0.486 e. The van der Waals surface area contributed by atoms with E-state index in [1.807, 2.05) is 61.5 Å². The fourth-order valence-electron chi connectivity index (χ4n) is 3.87. The van der Waals surface area contributed by atoms with Gasteiger partial charge in [-0.05, 0) is 31.2 Å². The van der Waals surface area contributed by atoms with Crippen molar-refractivity contribution in [2.45, 2.75) is 19.6 Å².